The number of aromatic amines is 1. The number of nitrogens with zero attached hydrogens (tertiary/aromatic N) is 1. The van der Waals surface area contributed by atoms with E-state index in [0.29, 0.717) is 12.3 Å². The van der Waals surface area contributed by atoms with Crippen LogP contribution in [0.15, 0.2) is 23.3 Å². The van der Waals surface area contributed by atoms with E-state index in [1.807, 2.05) is 6.20 Å². The molecule has 6 nitrogen and oxygen atoms in total. The van der Waals surface area contributed by atoms with E-state index in [0.717, 1.165) is 18.5 Å². The van der Waals surface area contributed by atoms with E-state index < -0.39 is 5.97 Å². The van der Waals surface area contributed by atoms with E-state index in [1.54, 1.807) is 4.40 Å². The van der Waals surface area contributed by atoms with Crippen molar-refractivity contribution in [2.24, 2.45) is 0 Å². The summed E-state index contributed by atoms with van der Waals surface area (Å²) in [6.07, 6.45) is 8.08. The summed E-state index contributed by atoms with van der Waals surface area (Å²) in [6.45, 7) is 7.18. The lowest BCUT2D eigenvalue weighted by molar-refractivity contribution is 0.0154. The van der Waals surface area contributed by atoms with Crippen LogP contribution in [0.3, 0.4) is 0 Å². The molecule has 2 aromatic rings. The summed E-state index contributed by atoms with van der Waals surface area (Å²) in [5, 5.41) is 0. The Kier molecular flexibility index (Phi) is 4.49. The SMILES string of the molecule is CCCC.COC(=O)c1cn2cc(C34COC(C)(C3)C4)[nH]c2cc1=O. The van der Waals surface area contributed by atoms with E-state index in [1.165, 1.54) is 32.2 Å². The highest BCUT2D eigenvalue weighted by Gasteiger charge is 2.61. The van der Waals surface area contributed by atoms with Crippen LogP contribution in [0.2, 0.25) is 0 Å². The molecule has 0 radical (unpaired) electrons. The highest BCUT2D eigenvalue weighted by molar-refractivity contribution is 5.89. The van der Waals surface area contributed by atoms with E-state index in [2.05, 4.69) is 30.5 Å². The monoisotopic (exact) mass is 346 g/mol. The molecule has 5 rings (SSSR count). The quantitative estimate of drug-likeness (QED) is 0.867. The number of pyridine rings is 1. The Hall–Kier alpha value is -2.08. The Morgan fingerprint density at radius 3 is 2.52 bits per heavy atom. The van der Waals surface area contributed by atoms with Crippen LogP contribution in [-0.2, 0) is 14.9 Å². The molecule has 2 saturated heterocycles. The molecule has 0 unspecified atom stereocenters. The van der Waals surface area contributed by atoms with Gasteiger partial charge in [0.15, 0.2) is 5.43 Å². The van der Waals surface area contributed by atoms with Gasteiger partial charge in [-0.15, -0.1) is 0 Å². The summed E-state index contributed by atoms with van der Waals surface area (Å²) in [6, 6.07) is 1.43. The summed E-state index contributed by atoms with van der Waals surface area (Å²) in [5.74, 6) is -0.615. The Morgan fingerprint density at radius 2 is 2.00 bits per heavy atom. The fraction of sp³-hybridized carbons (Fsp3) is 0.579. The van der Waals surface area contributed by atoms with E-state index in [4.69, 9.17) is 4.74 Å². The summed E-state index contributed by atoms with van der Waals surface area (Å²) >= 11 is 0. The van der Waals surface area contributed by atoms with Crippen molar-refractivity contribution in [2.75, 3.05) is 13.7 Å². The first-order chi connectivity index (χ1) is 11.9. The molecule has 0 amide bonds. The van der Waals surface area contributed by atoms with E-state index in [9.17, 15) is 9.59 Å². The number of fused-ring (bicyclic) bond motifs is 2. The molecule has 25 heavy (non-hydrogen) atoms. The zero-order valence-electron chi connectivity index (χ0n) is 15.3. The molecule has 136 valence electrons. The van der Waals surface area contributed by atoms with Crippen molar-refractivity contribution in [3.8, 4) is 0 Å². The van der Waals surface area contributed by atoms with Gasteiger partial charge in [-0.3, -0.25) is 4.79 Å². The number of unbranched alkanes of at least 4 members (excludes halogenated alkanes) is 1. The number of ether oxygens (including phenoxy) is 2. The number of H-pyrrole nitrogens is 1. The topological polar surface area (TPSA) is 72.8 Å². The summed E-state index contributed by atoms with van der Waals surface area (Å²) in [5.41, 5.74) is 1.46. The number of methoxy groups -OCH3 is 1. The molecule has 2 aromatic heterocycles. The van der Waals surface area contributed by atoms with Gasteiger partial charge in [-0.25, -0.2) is 4.79 Å². The van der Waals surface area contributed by atoms with Gasteiger partial charge in [-0.1, -0.05) is 26.7 Å². The molecule has 4 heterocycles. The maximum atomic E-state index is 11.9. The third-order valence-electron chi connectivity index (χ3n) is 5.21. The number of rotatable bonds is 3. The Labute approximate surface area is 147 Å². The molecule has 0 aromatic carbocycles. The third-order valence-corrected chi connectivity index (χ3v) is 5.21. The second-order valence-electron chi connectivity index (χ2n) is 7.38. The van der Waals surface area contributed by atoms with Crippen LogP contribution in [-0.4, -0.2) is 34.7 Å². The van der Waals surface area contributed by atoms with Crippen LogP contribution in [0.4, 0.5) is 0 Å². The Bertz CT molecular complexity index is 841. The molecular weight excluding hydrogens is 320 g/mol. The van der Waals surface area contributed by atoms with Crippen molar-refractivity contribution in [1.82, 2.24) is 9.38 Å². The predicted molar refractivity (Wildman–Crippen MR) is 95.2 cm³/mol. The number of nitrogens with one attached hydrogen (secondary N) is 1. The summed E-state index contributed by atoms with van der Waals surface area (Å²) in [7, 11) is 1.27. The van der Waals surface area contributed by atoms with Crippen LogP contribution in [0.25, 0.3) is 5.65 Å². The van der Waals surface area contributed by atoms with Crippen molar-refractivity contribution < 1.29 is 14.3 Å². The molecule has 3 aliphatic rings. The molecule has 3 fully saturated rings. The molecule has 0 spiro atoms. The normalized spacial score (nSPS) is 26.7. The van der Waals surface area contributed by atoms with Crippen LogP contribution in [0, 0.1) is 0 Å². The zero-order valence-corrected chi connectivity index (χ0v) is 15.3. The number of aromatic nitrogens is 2. The van der Waals surface area contributed by atoms with Crippen molar-refractivity contribution >= 4 is 11.6 Å². The second-order valence-corrected chi connectivity index (χ2v) is 7.38. The van der Waals surface area contributed by atoms with E-state index in [-0.39, 0.29) is 22.0 Å². The van der Waals surface area contributed by atoms with Crippen LogP contribution >= 0.6 is 0 Å². The predicted octanol–water partition coefficient (Wildman–Crippen LogP) is 3.04. The smallest absolute Gasteiger partial charge is 0.343 e. The maximum absolute atomic E-state index is 11.9. The lowest BCUT2D eigenvalue weighted by Gasteiger charge is -2.41. The summed E-state index contributed by atoms with van der Waals surface area (Å²) in [4.78, 5) is 26.8. The van der Waals surface area contributed by atoms with Crippen molar-refractivity contribution in [3.63, 3.8) is 0 Å². The average molecular weight is 346 g/mol. The van der Waals surface area contributed by atoms with E-state index >= 15 is 0 Å². The minimum atomic E-state index is -0.615. The van der Waals surface area contributed by atoms with Gasteiger partial charge in [-0.05, 0) is 19.8 Å². The zero-order chi connectivity index (χ0) is 18.2. The first kappa shape index (κ1) is 17.7. The number of carbonyl (C=O) groups excluding carboxylic acids is 1. The molecule has 2 bridgehead atoms. The molecule has 0 atom stereocenters. The first-order valence-electron chi connectivity index (χ1n) is 8.84. The maximum Gasteiger partial charge on any atom is 0.343 e. The standard InChI is InChI=1S/C15H16N2O4.C4H10/c1-14-6-15(7-14,8-21-14)11-5-17-4-9(13(19)20-2)10(18)3-12(17)16-11;1-3-4-2/h3-5,16H,6-8H2,1-2H3;3-4H2,1-2H3. The van der Waals surface area contributed by atoms with Gasteiger partial charge in [0.2, 0.25) is 0 Å². The number of carbonyl (C=O) groups is 1. The fourth-order valence-corrected chi connectivity index (χ4v) is 3.76. The van der Waals surface area contributed by atoms with Gasteiger partial charge in [-0.2, -0.15) is 0 Å². The molecule has 6 heteroatoms. The van der Waals surface area contributed by atoms with Gasteiger partial charge in [0.05, 0.1) is 19.3 Å². The van der Waals surface area contributed by atoms with Crippen LogP contribution in [0.5, 0.6) is 0 Å². The Balaban J connectivity index is 0.000000415. The molecule has 1 saturated carbocycles. The highest BCUT2D eigenvalue weighted by atomic mass is 16.5. The van der Waals surface area contributed by atoms with Gasteiger partial charge < -0.3 is 18.9 Å². The lowest BCUT2D eigenvalue weighted by Crippen LogP contribution is -2.45. The second kappa shape index (κ2) is 6.33. The highest BCUT2D eigenvalue weighted by Crippen LogP contribution is 2.58. The van der Waals surface area contributed by atoms with Crippen LogP contribution < -0.4 is 5.43 Å². The van der Waals surface area contributed by atoms with Crippen molar-refractivity contribution in [3.05, 3.63) is 39.9 Å². The molecular formula is C19H26N2O4. The third kappa shape index (κ3) is 2.99. The van der Waals surface area contributed by atoms with Crippen molar-refractivity contribution in [2.45, 2.75) is 57.5 Å². The number of esters is 1. The molecule has 2 aliphatic heterocycles. The minimum Gasteiger partial charge on any atom is -0.465 e. The van der Waals surface area contributed by atoms with Gasteiger partial charge in [0.25, 0.3) is 0 Å². The van der Waals surface area contributed by atoms with Gasteiger partial charge in [0.1, 0.15) is 11.2 Å². The Morgan fingerprint density at radius 1 is 1.32 bits per heavy atom. The lowest BCUT2D eigenvalue weighted by atomic mass is 9.62. The molecule has 1 aliphatic carbocycles. The van der Waals surface area contributed by atoms with Gasteiger partial charge in [0, 0.05) is 29.6 Å². The minimum absolute atomic E-state index is 0.00281. The summed E-state index contributed by atoms with van der Waals surface area (Å²) < 4.78 is 12.2. The largest absolute Gasteiger partial charge is 0.465 e. The number of hydrogen-bond donors (Lipinski definition) is 1. The first-order valence-corrected chi connectivity index (χ1v) is 8.84. The number of hydrogen-bond acceptors (Lipinski definition) is 4. The molecule has 1 N–H and O–H groups in total. The fourth-order valence-electron chi connectivity index (χ4n) is 3.76. The van der Waals surface area contributed by atoms with Crippen molar-refractivity contribution in [1.29, 1.82) is 0 Å². The number of imidazole rings is 1. The average Bonchev–Trinajstić information content (AvgIpc) is 3.24. The van der Waals surface area contributed by atoms with Gasteiger partial charge >= 0.3 is 5.97 Å². The van der Waals surface area contributed by atoms with Crippen LogP contribution in [0.1, 0.15) is 62.5 Å².